The number of hydrogen-bond donors (Lipinski definition) is 4. The van der Waals surface area contributed by atoms with Crippen LogP contribution in [0.25, 0.3) is 0 Å². The first kappa shape index (κ1) is 26.8. The van der Waals surface area contributed by atoms with Crippen LogP contribution in [0.5, 0.6) is 0 Å². The molecule has 0 aliphatic carbocycles. The molecule has 0 saturated carbocycles. The van der Waals surface area contributed by atoms with Crippen molar-refractivity contribution in [3.8, 4) is 0 Å². The van der Waals surface area contributed by atoms with Crippen molar-refractivity contribution in [1.29, 1.82) is 0 Å². The molecule has 0 fully saturated rings. The zero-order valence-corrected chi connectivity index (χ0v) is 21.2. The predicted octanol–water partition coefficient (Wildman–Crippen LogP) is 4.12. The number of nitrogens with one attached hydrogen (secondary N) is 4. The lowest BCUT2D eigenvalue weighted by Gasteiger charge is -2.11. The summed E-state index contributed by atoms with van der Waals surface area (Å²) in [6.45, 7) is 4.87. The number of aromatic amines is 1. The van der Waals surface area contributed by atoms with E-state index in [1.807, 2.05) is 32.8 Å². The first-order valence-corrected chi connectivity index (χ1v) is 11.6. The van der Waals surface area contributed by atoms with Crippen molar-refractivity contribution in [1.82, 2.24) is 20.2 Å². The highest BCUT2D eigenvalue weighted by atomic mass is 35.5. The Hall–Kier alpha value is -3.76. The van der Waals surface area contributed by atoms with Crippen LogP contribution in [0.4, 0.5) is 15.8 Å². The Bertz CT molecular complexity index is 1260. The smallest absolute Gasteiger partial charge is 0.276 e. The monoisotopic (exact) mass is 514 g/mol. The zero-order valence-electron chi connectivity index (χ0n) is 20.4. The van der Waals surface area contributed by atoms with Crippen molar-refractivity contribution >= 4 is 40.7 Å². The Kier molecular flexibility index (Phi) is 8.78. The SMILES string of the molecule is CC(C)c1nc(C(=O)Nc2ccc(NC(=O)c3ccc(F)cc3Cl)cc2)c(C(=O)NCCN(C)C)[nH]1. The van der Waals surface area contributed by atoms with Gasteiger partial charge in [-0.15, -0.1) is 0 Å². The van der Waals surface area contributed by atoms with Crippen molar-refractivity contribution in [3.63, 3.8) is 0 Å². The lowest BCUT2D eigenvalue weighted by atomic mass is 10.2. The molecule has 3 rings (SSSR count). The van der Waals surface area contributed by atoms with Crippen LogP contribution < -0.4 is 16.0 Å². The number of hydrogen-bond acceptors (Lipinski definition) is 5. The minimum atomic E-state index is -0.550. The molecule has 9 nitrogen and oxygen atoms in total. The number of carbonyl (C=O) groups excluding carboxylic acids is 3. The van der Waals surface area contributed by atoms with E-state index in [1.54, 1.807) is 24.3 Å². The number of amides is 3. The number of nitrogens with zero attached hydrogens (tertiary/aromatic N) is 2. The Morgan fingerprint density at radius 1 is 1.00 bits per heavy atom. The third kappa shape index (κ3) is 6.89. The maximum Gasteiger partial charge on any atom is 0.276 e. The van der Waals surface area contributed by atoms with E-state index in [1.165, 1.54) is 6.07 Å². The topological polar surface area (TPSA) is 119 Å². The Balaban J connectivity index is 1.70. The highest BCUT2D eigenvalue weighted by Gasteiger charge is 2.24. The summed E-state index contributed by atoms with van der Waals surface area (Å²) >= 11 is 5.94. The fourth-order valence-corrected chi connectivity index (χ4v) is 3.43. The van der Waals surface area contributed by atoms with Gasteiger partial charge < -0.3 is 25.8 Å². The van der Waals surface area contributed by atoms with Gasteiger partial charge in [0.2, 0.25) is 0 Å². The maximum absolute atomic E-state index is 13.2. The molecule has 0 atom stereocenters. The van der Waals surface area contributed by atoms with Gasteiger partial charge in [0.25, 0.3) is 17.7 Å². The summed E-state index contributed by atoms with van der Waals surface area (Å²) in [5.41, 5.74) is 1.10. The summed E-state index contributed by atoms with van der Waals surface area (Å²) in [5, 5.41) is 8.17. The van der Waals surface area contributed by atoms with Gasteiger partial charge in [-0.3, -0.25) is 14.4 Å². The minimum absolute atomic E-state index is 0.00212. The molecule has 3 amide bonds. The number of imidazole rings is 1. The summed E-state index contributed by atoms with van der Waals surface area (Å²) in [4.78, 5) is 47.3. The summed E-state index contributed by atoms with van der Waals surface area (Å²) in [6.07, 6.45) is 0. The van der Waals surface area contributed by atoms with Crippen LogP contribution >= 0.6 is 11.6 Å². The molecule has 36 heavy (non-hydrogen) atoms. The van der Waals surface area contributed by atoms with Gasteiger partial charge in [-0.1, -0.05) is 25.4 Å². The quantitative estimate of drug-likeness (QED) is 0.342. The molecule has 2 aromatic carbocycles. The number of rotatable bonds is 9. The van der Waals surface area contributed by atoms with Crippen LogP contribution in [0.15, 0.2) is 42.5 Å². The summed E-state index contributed by atoms with van der Waals surface area (Å²) in [5.74, 6) is -1.50. The first-order valence-electron chi connectivity index (χ1n) is 11.3. The molecule has 0 aliphatic rings. The van der Waals surface area contributed by atoms with Gasteiger partial charge in [-0.25, -0.2) is 9.37 Å². The molecule has 3 aromatic rings. The summed E-state index contributed by atoms with van der Waals surface area (Å²) in [6, 6.07) is 9.86. The van der Waals surface area contributed by atoms with Gasteiger partial charge >= 0.3 is 0 Å². The van der Waals surface area contributed by atoms with Gasteiger partial charge in [-0.2, -0.15) is 0 Å². The largest absolute Gasteiger partial charge is 0.349 e. The van der Waals surface area contributed by atoms with Crippen LogP contribution in [0.3, 0.4) is 0 Å². The van der Waals surface area contributed by atoms with Crippen molar-refractivity contribution < 1.29 is 18.8 Å². The van der Waals surface area contributed by atoms with Gasteiger partial charge in [0.1, 0.15) is 17.3 Å². The summed E-state index contributed by atoms with van der Waals surface area (Å²) < 4.78 is 13.2. The normalized spacial score (nSPS) is 11.0. The van der Waals surface area contributed by atoms with E-state index in [2.05, 4.69) is 25.9 Å². The molecule has 0 radical (unpaired) electrons. The second-order valence-corrected chi connectivity index (χ2v) is 9.08. The number of H-pyrrole nitrogens is 1. The molecule has 4 N–H and O–H groups in total. The molecule has 1 aromatic heterocycles. The Morgan fingerprint density at radius 3 is 2.17 bits per heavy atom. The number of halogens is 2. The van der Waals surface area contributed by atoms with Crippen LogP contribution in [-0.2, 0) is 0 Å². The molecule has 0 spiro atoms. The third-order valence-electron chi connectivity index (χ3n) is 5.13. The van der Waals surface area contributed by atoms with E-state index >= 15 is 0 Å². The van der Waals surface area contributed by atoms with Crippen molar-refractivity contribution in [3.05, 3.63) is 76.1 Å². The molecule has 190 valence electrons. The second-order valence-electron chi connectivity index (χ2n) is 8.67. The number of aromatic nitrogens is 2. The summed E-state index contributed by atoms with van der Waals surface area (Å²) in [7, 11) is 3.79. The number of likely N-dealkylation sites (N-methyl/N-ethyl adjacent to an activating group) is 1. The molecule has 11 heteroatoms. The highest BCUT2D eigenvalue weighted by molar-refractivity contribution is 6.34. The molecule has 0 aliphatic heterocycles. The van der Waals surface area contributed by atoms with Crippen molar-refractivity contribution in [2.75, 3.05) is 37.8 Å². The van der Waals surface area contributed by atoms with E-state index in [0.717, 1.165) is 12.1 Å². The molecule has 0 saturated heterocycles. The lowest BCUT2D eigenvalue weighted by molar-refractivity contribution is 0.0933. The van der Waals surface area contributed by atoms with Crippen LogP contribution in [0.1, 0.15) is 56.9 Å². The van der Waals surface area contributed by atoms with E-state index in [0.29, 0.717) is 30.3 Å². The van der Waals surface area contributed by atoms with Gasteiger partial charge in [-0.05, 0) is 56.6 Å². The highest BCUT2D eigenvalue weighted by Crippen LogP contribution is 2.21. The fourth-order valence-electron chi connectivity index (χ4n) is 3.17. The van der Waals surface area contributed by atoms with Gasteiger partial charge in [0, 0.05) is 30.4 Å². The van der Waals surface area contributed by atoms with Gasteiger partial charge in [0.15, 0.2) is 5.69 Å². The predicted molar refractivity (Wildman–Crippen MR) is 137 cm³/mol. The molecule has 1 heterocycles. The van der Waals surface area contributed by atoms with Gasteiger partial charge in [0.05, 0.1) is 10.6 Å². The Morgan fingerprint density at radius 2 is 1.61 bits per heavy atom. The Labute approximate surface area is 213 Å². The zero-order chi connectivity index (χ0) is 26.4. The standard InChI is InChI=1S/C25H28ClFN6O3/c1-14(2)22-31-20(24(35)28-11-12-33(3)4)21(32-22)25(36)30-17-8-6-16(7-9-17)29-23(34)18-10-5-15(27)13-19(18)26/h5-10,13-14H,11-12H2,1-4H3,(H,28,35)(H,29,34)(H,30,36)(H,31,32). The molecule has 0 unspecified atom stereocenters. The number of benzene rings is 2. The van der Waals surface area contributed by atoms with E-state index in [4.69, 9.17) is 11.6 Å². The van der Waals surface area contributed by atoms with Crippen molar-refractivity contribution in [2.45, 2.75) is 19.8 Å². The molecular weight excluding hydrogens is 487 g/mol. The number of carbonyl (C=O) groups is 3. The third-order valence-corrected chi connectivity index (χ3v) is 5.44. The van der Waals surface area contributed by atoms with E-state index in [-0.39, 0.29) is 27.9 Å². The van der Waals surface area contributed by atoms with Crippen LogP contribution in [-0.4, -0.2) is 59.8 Å². The molecule has 0 bridgehead atoms. The van der Waals surface area contributed by atoms with E-state index in [9.17, 15) is 18.8 Å². The average Bonchev–Trinajstić information content (AvgIpc) is 3.26. The lowest BCUT2D eigenvalue weighted by Crippen LogP contribution is -2.32. The molecular formula is C25H28ClFN6O3. The van der Waals surface area contributed by atoms with Crippen molar-refractivity contribution in [2.24, 2.45) is 0 Å². The minimum Gasteiger partial charge on any atom is -0.349 e. The maximum atomic E-state index is 13.2. The second kappa shape index (κ2) is 11.8. The van der Waals surface area contributed by atoms with E-state index < -0.39 is 23.5 Å². The fraction of sp³-hybridized carbons (Fsp3) is 0.280. The first-order chi connectivity index (χ1) is 17.0. The van der Waals surface area contributed by atoms with Crippen LogP contribution in [0, 0.1) is 5.82 Å². The number of anilines is 2. The van der Waals surface area contributed by atoms with Crippen LogP contribution in [0.2, 0.25) is 5.02 Å². The average molecular weight is 515 g/mol.